The number of carbonyl (C=O) groups excluding carboxylic acids is 2. The van der Waals surface area contributed by atoms with E-state index in [1.54, 1.807) is 12.1 Å². The number of benzene rings is 2. The molecule has 5 nitrogen and oxygen atoms in total. The van der Waals surface area contributed by atoms with E-state index in [4.69, 9.17) is 11.6 Å². The lowest BCUT2D eigenvalue weighted by atomic mass is 9.82. The number of carbonyl (C=O) groups is 3. The number of rotatable bonds is 7. The first-order valence-corrected chi connectivity index (χ1v) is 11.1. The number of carboxylic acid groups (broad SMARTS) is 1. The molecule has 0 aliphatic carbocycles. The monoisotopic (exact) mass is 453 g/mol. The van der Waals surface area contributed by atoms with Gasteiger partial charge in [0.1, 0.15) is 6.04 Å². The van der Waals surface area contributed by atoms with Gasteiger partial charge in [-0.25, -0.2) is 4.79 Å². The smallest absolute Gasteiger partial charge is 0.327 e. The number of imide groups is 1. The Balaban J connectivity index is 1.55. The number of β-lactam (4-membered cyclic amide) rings is 1. The van der Waals surface area contributed by atoms with Gasteiger partial charge in [-0.2, -0.15) is 0 Å². The van der Waals surface area contributed by atoms with Gasteiger partial charge in [-0.3, -0.25) is 14.5 Å². The third-order valence-corrected chi connectivity index (χ3v) is 6.82. The molecule has 0 unspecified atom stereocenters. The lowest BCUT2D eigenvalue weighted by Crippen LogP contribution is -2.66. The summed E-state index contributed by atoms with van der Waals surface area (Å²) in [5.74, 6) is -3.12. The molecule has 1 saturated heterocycles. The normalized spacial score (nSPS) is 18.1. The number of amides is 2. The van der Waals surface area contributed by atoms with Crippen molar-refractivity contribution in [2.75, 3.05) is 0 Å². The van der Waals surface area contributed by atoms with Crippen LogP contribution in [0.15, 0.2) is 72.8 Å². The molecule has 0 radical (unpaired) electrons. The summed E-state index contributed by atoms with van der Waals surface area (Å²) in [6.45, 7) is 0. The van der Waals surface area contributed by atoms with Crippen LogP contribution in [0.3, 0.4) is 0 Å². The fourth-order valence-corrected chi connectivity index (χ4v) is 5.20. The Labute approximate surface area is 188 Å². The van der Waals surface area contributed by atoms with Crippen LogP contribution in [-0.2, 0) is 20.8 Å². The van der Waals surface area contributed by atoms with E-state index in [0.717, 1.165) is 20.9 Å². The van der Waals surface area contributed by atoms with Crippen LogP contribution in [0.1, 0.15) is 28.3 Å². The van der Waals surface area contributed by atoms with Gasteiger partial charge in [0, 0.05) is 17.2 Å². The van der Waals surface area contributed by atoms with E-state index < -0.39 is 29.7 Å². The number of aliphatic carboxylic acids is 1. The molecule has 1 N–H and O–H groups in total. The molecule has 0 spiro atoms. The van der Waals surface area contributed by atoms with Crippen molar-refractivity contribution in [2.45, 2.75) is 24.8 Å². The molecule has 0 bridgehead atoms. The number of halogens is 1. The van der Waals surface area contributed by atoms with Crippen molar-refractivity contribution in [1.82, 2.24) is 4.90 Å². The summed E-state index contributed by atoms with van der Waals surface area (Å²) in [4.78, 5) is 39.6. The molecule has 7 heteroatoms. The van der Waals surface area contributed by atoms with Gasteiger partial charge in [-0.05, 0) is 29.7 Å². The summed E-state index contributed by atoms with van der Waals surface area (Å²) < 4.78 is 0.579. The summed E-state index contributed by atoms with van der Waals surface area (Å²) in [6, 6.07) is 21.4. The molecule has 2 atom stereocenters. The molecule has 1 fully saturated rings. The van der Waals surface area contributed by atoms with Crippen molar-refractivity contribution in [1.29, 1.82) is 0 Å². The number of carboxylic acids is 1. The lowest BCUT2D eigenvalue weighted by molar-refractivity contribution is -0.177. The van der Waals surface area contributed by atoms with Gasteiger partial charge in [0.15, 0.2) is 0 Å². The zero-order chi connectivity index (χ0) is 22.0. The SMILES string of the molecule is O=C(O)[C@@H]1[C@@H](Cc2ccc(Cl)s2)C(=O)N1C(=O)CC(c1ccccc1)c1ccccc1. The van der Waals surface area contributed by atoms with Gasteiger partial charge in [0.25, 0.3) is 0 Å². The molecule has 4 rings (SSSR count). The highest BCUT2D eigenvalue weighted by Gasteiger charge is 2.54. The largest absolute Gasteiger partial charge is 0.480 e. The molecule has 1 aliphatic rings. The molecular formula is C24H20ClNO4S. The third kappa shape index (κ3) is 4.40. The second-order valence-electron chi connectivity index (χ2n) is 7.48. The summed E-state index contributed by atoms with van der Waals surface area (Å²) in [7, 11) is 0. The van der Waals surface area contributed by atoms with Crippen molar-refractivity contribution in [3.05, 3.63) is 93.1 Å². The average molecular weight is 454 g/mol. The topological polar surface area (TPSA) is 74.7 Å². The van der Waals surface area contributed by atoms with Crippen molar-refractivity contribution >= 4 is 40.7 Å². The molecule has 1 aliphatic heterocycles. The molecule has 2 aromatic carbocycles. The number of hydrogen-bond acceptors (Lipinski definition) is 4. The van der Waals surface area contributed by atoms with E-state index in [2.05, 4.69) is 0 Å². The molecule has 158 valence electrons. The van der Waals surface area contributed by atoms with Gasteiger partial charge < -0.3 is 5.11 Å². The van der Waals surface area contributed by atoms with Crippen molar-refractivity contribution in [2.24, 2.45) is 5.92 Å². The van der Waals surface area contributed by atoms with Gasteiger partial charge in [-0.1, -0.05) is 72.3 Å². The average Bonchev–Trinajstić information content (AvgIpc) is 3.19. The Morgan fingerprint density at radius 1 is 0.968 bits per heavy atom. The van der Waals surface area contributed by atoms with Crippen LogP contribution in [-0.4, -0.2) is 33.8 Å². The minimum absolute atomic E-state index is 0.0150. The van der Waals surface area contributed by atoms with Gasteiger partial charge >= 0.3 is 5.97 Å². The maximum atomic E-state index is 13.1. The van der Waals surface area contributed by atoms with Gasteiger partial charge in [0.2, 0.25) is 11.8 Å². The fraction of sp³-hybridized carbons (Fsp3) is 0.208. The fourth-order valence-electron chi connectivity index (χ4n) is 4.06. The molecule has 1 aromatic heterocycles. The predicted molar refractivity (Wildman–Crippen MR) is 119 cm³/mol. The second-order valence-corrected chi connectivity index (χ2v) is 9.28. The van der Waals surface area contributed by atoms with Crippen LogP contribution in [0.2, 0.25) is 4.34 Å². The first-order chi connectivity index (χ1) is 15.0. The lowest BCUT2D eigenvalue weighted by Gasteiger charge is -2.43. The van der Waals surface area contributed by atoms with E-state index in [1.165, 1.54) is 11.3 Å². The molecule has 31 heavy (non-hydrogen) atoms. The Bertz CT molecular complexity index is 1060. The highest BCUT2D eigenvalue weighted by Crippen LogP contribution is 2.36. The van der Waals surface area contributed by atoms with Gasteiger partial charge in [-0.15, -0.1) is 11.3 Å². The Kier molecular flexibility index (Phi) is 6.20. The van der Waals surface area contributed by atoms with Crippen LogP contribution in [0.4, 0.5) is 0 Å². The number of hydrogen-bond donors (Lipinski definition) is 1. The minimum atomic E-state index is -1.17. The van der Waals surface area contributed by atoms with E-state index in [9.17, 15) is 19.5 Å². The predicted octanol–water partition coefficient (Wildman–Crippen LogP) is 4.60. The van der Waals surface area contributed by atoms with Crippen LogP contribution >= 0.6 is 22.9 Å². The van der Waals surface area contributed by atoms with Crippen LogP contribution in [0, 0.1) is 5.92 Å². The summed E-state index contributed by atoms with van der Waals surface area (Å²) in [5.41, 5.74) is 1.87. The molecule has 3 aromatic rings. The molecular weight excluding hydrogens is 434 g/mol. The summed E-state index contributed by atoms with van der Waals surface area (Å²) in [5, 5.41) is 9.72. The van der Waals surface area contributed by atoms with Crippen LogP contribution in [0.5, 0.6) is 0 Å². The molecule has 2 heterocycles. The van der Waals surface area contributed by atoms with Crippen molar-refractivity contribution in [3.63, 3.8) is 0 Å². The first kappa shape index (κ1) is 21.3. The van der Waals surface area contributed by atoms with Crippen molar-refractivity contribution in [3.8, 4) is 0 Å². The summed E-state index contributed by atoms with van der Waals surface area (Å²) >= 11 is 7.26. The maximum absolute atomic E-state index is 13.1. The number of nitrogens with zero attached hydrogens (tertiary/aromatic N) is 1. The van der Waals surface area contributed by atoms with Gasteiger partial charge in [0.05, 0.1) is 10.3 Å². The summed E-state index contributed by atoms with van der Waals surface area (Å²) in [6.07, 6.45) is 0.277. The quantitative estimate of drug-likeness (QED) is 0.530. The zero-order valence-electron chi connectivity index (χ0n) is 16.5. The van der Waals surface area contributed by atoms with Crippen LogP contribution < -0.4 is 0 Å². The highest BCUT2D eigenvalue weighted by atomic mass is 35.5. The maximum Gasteiger partial charge on any atom is 0.327 e. The first-order valence-electron chi connectivity index (χ1n) is 9.88. The minimum Gasteiger partial charge on any atom is -0.480 e. The number of likely N-dealkylation sites (tertiary alicyclic amines) is 1. The van der Waals surface area contributed by atoms with E-state index in [-0.39, 0.29) is 18.8 Å². The van der Waals surface area contributed by atoms with Crippen LogP contribution in [0.25, 0.3) is 0 Å². The van der Waals surface area contributed by atoms with Crippen molar-refractivity contribution < 1.29 is 19.5 Å². The third-order valence-electron chi connectivity index (χ3n) is 5.57. The second kappa shape index (κ2) is 9.04. The van der Waals surface area contributed by atoms with E-state index in [0.29, 0.717) is 4.34 Å². The number of thiophene rings is 1. The van der Waals surface area contributed by atoms with E-state index in [1.807, 2.05) is 60.7 Å². The molecule has 0 saturated carbocycles. The Morgan fingerprint density at radius 3 is 2.03 bits per heavy atom. The Hall–Kier alpha value is -2.96. The standard InChI is InChI=1S/C24H20ClNO4S/c25-20-12-11-17(31-20)13-19-22(24(29)30)26(23(19)28)21(27)14-18(15-7-3-1-4-8-15)16-9-5-2-6-10-16/h1-12,18-19,22H,13-14H2,(H,29,30)/t19-,22+/m1/s1. The highest BCUT2D eigenvalue weighted by molar-refractivity contribution is 7.16. The molecule has 2 amide bonds. The zero-order valence-corrected chi connectivity index (χ0v) is 18.1. The Morgan fingerprint density at radius 2 is 1.55 bits per heavy atom. The van der Waals surface area contributed by atoms with E-state index >= 15 is 0 Å².